The summed E-state index contributed by atoms with van der Waals surface area (Å²) in [7, 11) is 0. The number of aliphatic hydroxyl groups excluding tert-OH is 3. The third kappa shape index (κ3) is 3.40. The minimum absolute atomic E-state index is 0.0738. The molecule has 1 aliphatic carbocycles. The van der Waals surface area contributed by atoms with Crippen molar-refractivity contribution in [2.75, 3.05) is 6.54 Å². The van der Waals surface area contributed by atoms with Crippen LogP contribution in [0.5, 0.6) is 0 Å². The quantitative estimate of drug-likeness (QED) is 0.414. The molecular formula is C11H24N2O3. The summed E-state index contributed by atoms with van der Waals surface area (Å²) in [5.74, 6) is 0.239. The maximum Gasteiger partial charge on any atom is 0.108 e. The van der Waals surface area contributed by atoms with E-state index in [1.165, 1.54) is 6.42 Å². The Morgan fingerprint density at radius 3 is 2.06 bits per heavy atom. The van der Waals surface area contributed by atoms with Gasteiger partial charge in [-0.05, 0) is 18.8 Å². The molecule has 16 heavy (non-hydrogen) atoms. The average molecular weight is 232 g/mol. The van der Waals surface area contributed by atoms with Gasteiger partial charge in [0.2, 0.25) is 0 Å². The van der Waals surface area contributed by atoms with Crippen LogP contribution in [0.1, 0.15) is 32.1 Å². The lowest BCUT2D eigenvalue weighted by Gasteiger charge is -2.33. The molecule has 0 spiro atoms. The van der Waals surface area contributed by atoms with Crippen LogP contribution in [-0.2, 0) is 0 Å². The molecule has 0 unspecified atom stereocenters. The number of nitrogens with two attached hydrogens (primary N) is 2. The van der Waals surface area contributed by atoms with Crippen LogP contribution in [0.25, 0.3) is 0 Å². The first-order valence-electron chi connectivity index (χ1n) is 6.07. The van der Waals surface area contributed by atoms with Gasteiger partial charge in [0.1, 0.15) is 6.10 Å². The highest BCUT2D eigenvalue weighted by atomic mass is 16.4. The van der Waals surface area contributed by atoms with Crippen molar-refractivity contribution in [3.05, 3.63) is 0 Å². The van der Waals surface area contributed by atoms with Crippen LogP contribution in [0.3, 0.4) is 0 Å². The second-order valence-electron chi connectivity index (χ2n) is 4.76. The summed E-state index contributed by atoms with van der Waals surface area (Å²) in [6.07, 6.45) is 2.00. The van der Waals surface area contributed by atoms with E-state index in [2.05, 4.69) is 0 Å². The molecule has 0 aliphatic heterocycles. The molecule has 1 aliphatic rings. The van der Waals surface area contributed by atoms with E-state index in [1.54, 1.807) is 0 Å². The largest absolute Gasteiger partial charge is 0.389 e. The van der Waals surface area contributed by atoms with Gasteiger partial charge in [-0.25, -0.2) is 0 Å². The summed E-state index contributed by atoms with van der Waals surface area (Å²) in [6, 6.07) is -0.475. The lowest BCUT2D eigenvalue weighted by atomic mass is 9.80. The van der Waals surface area contributed by atoms with Gasteiger partial charge < -0.3 is 26.8 Å². The fourth-order valence-electron chi connectivity index (χ4n) is 2.39. The number of aliphatic hydroxyl groups is 3. The highest BCUT2D eigenvalue weighted by Crippen LogP contribution is 2.27. The molecule has 1 saturated carbocycles. The molecular weight excluding hydrogens is 208 g/mol. The monoisotopic (exact) mass is 232 g/mol. The number of rotatable bonds is 5. The van der Waals surface area contributed by atoms with Gasteiger partial charge in [0.25, 0.3) is 0 Å². The topological polar surface area (TPSA) is 113 Å². The Morgan fingerprint density at radius 2 is 1.56 bits per heavy atom. The zero-order valence-electron chi connectivity index (χ0n) is 9.63. The first kappa shape index (κ1) is 13.9. The Labute approximate surface area is 96.4 Å². The van der Waals surface area contributed by atoms with E-state index in [9.17, 15) is 15.3 Å². The van der Waals surface area contributed by atoms with Crippen LogP contribution in [0, 0.1) is 5.92 Å². The molecule has 0 amide bonds. The van der Waals surface area contributed by atoms with Crippen molar-refractivity contribution < 1.29 is 15.3 Å². The zero-order valence-corrected chi connectivity index (χ0v) is 9.63. The highest BCUT2D eigenvalue weighted by Gasteiger charge is 2.33. The molecule has 0 heterocycles. The maximum absolute atomic E-state index is 9.85. The Morgan fingerprint density at radius 1 is 1.00 bits per heavy atom. The van der Waals surface area contributed by atoms with Crippen LogP contribution < -0.4 is 11.5 Å². The molecule has 5 nitrogen and oxygen atoms in total. The van der Waals surface area contributed by atoms with Crippen LogP contribution in [0.4, 0.5) is 0 Å². The van der Waals surface area contributed by atoms with Crippen molar-refractivity contribution >= 4 is 0 Å². The summed E-state index contributed by atoms with van der Waals surface area (Å²) < 4.78 is 0. The molecule has 1 rings (SSSR count). The number of hydrogen-bond acceptors (Lipinski definition) is 5. The SMILES string of the molecule is NC[C@H](O)[C@@H](O)[C@@H](O)[C@H](N)C1CCCCC1. The third-order valence-corrected chi connectivity index (χ3v) is 3.57. The summed E-state index contributed by atoms with van der Waals surface area (Å²) in [5.41, 5.74) is 11.2. The lowest BCUT2D eigenvalue weighted by Crippen LogP contribution is -2.53. The molecule has 0 radical (unpaired) electrons. The molecule has 0 bridgehead atoms. The van der Waals surface area contributed by atoms with Crippen LogP contribution in [-0.4, -0.2) is 46.2 Å². The molecule has 1 fully saturated rings. The van der Waals surface area contributed by atoms with Gasteiger partial charge >= 0.3 is 0 Å². The summed E-state index contributed by atoms with van der Waals surface area (Å²) >= 11 is 0. The molecule has 0 saturated heterocycles. The van der Waals surface area contributed by atoms with Gasteiger partial charge in [-0.1, -0.05) is 19.3 Å². The minimum Gasteiger partial charge on any atom is -0.389 e. The normalized spacial score (nSPS) is 26.1. The molecule has 0 aromatic heterocycles. The molecule has 5 heteroatoms. The Kier molecular flexibility index (Phi) is 5.64. The van der Waals surface area contributed by atoms with Crippen LogP contribution in [0.15, 0.2) is 0 Å². The highest BCUT2D eigenvalue weighted by molar-refractivity contribution is 4.88. The van der Waals surface area contributed by atoms with E-state index < -0.39 is 24.4 Å². The van der Waals surface area contributed by atoms with Gasteiger partial charge in [0, 0.05) is 12.6 Å². The van der Waals surface area contributed by atoms with Crippen molar-refractivity contribution in [2.45, 2.75) is 56.5 Å². The van der Waals surface area contributed by atoms with E-state index in [-0.39, 0.29) is 12.5 Å². The second kappa shape index (κ2) is 6.51. The third-order valence-electron chi connectivity index (χ3n) is 3.57. The molecule has 7 N–H and O–H groups in total. The van der Waals surface area contributed by atoms with E-state index in [4.69, 9.17) is 11.5 Å². The van der Waals surface area contributed by atoms with E-state index >= 15 is 0 Å². The fourth-order valence-corrected chi connectivity index (χ4v) is 2.39. The standard InChI is InChI=1S/C11H24N2O3/c12-6-8(14)10(15)11(16)9(13)7-4-2-1-3-5-7/h7-11,14-16H,1-6,12-13H2/t8-,9+,10+,11-/m0/s1. The molecule has 4 atom stereocenters. The summed E-state index contributed by atoms with van der Waals surface area (Å²) in [6.45, 7) is -0.0738. The molecule has 96 valence electrons. The lowest BCUT2D eigenvalue weighted by molar-refractivity contribution is -0.0723. The minimum atomic E-state index is -1.25. The number of hydrogen-bond donors (Lipinski definition) is 5. The van der Waals surface area contributed by atoms with Gasteiger partial charge in [-0.2, -0.15) is 0 Å². The van der Waals surface area contributed by atoms with Crippen molar-refractivity contribution in [2.24, 2.45) is 17.4 Å². The van der Waals surface area contributed by atoms with Crippen molar-refractivity contribution in [1.29, 1.82) is 0 Å². The maximum atomic E-state index is 9.85. The van der Waals surface area contributed by atoms with Gasteiger partial charge in [-0.15, -0.1) is 0 Å². The van der Waals surface area contributed by atoms with Crippen molar-refractivity contribution in [3.63, 3.8) is 0 Å². The fraction of sp³-hybridized carbons (Fsp3) is 1.00. The molecule has 0 aromatic carbocycles. The molecule has 0 aromatic rings. The van der Waals surface area contributed by atoms with Gasteiger partial charge in [-0.3, -0.25) is 0 Å². The predicted molar refractivity (Wildman–Crippen MR) is 61.6 cm³/mol. The summed E-state index contributed by atoms with van der Waals surface area (Å²) in [4.78, 5) is 0. The smallest absolute Gasteiger partial charge is 0.108 e. The Balaban J connectivity index is 2.47. The van der Waals surface area contributed by atoms with Crippen molar-refractivity contribution in [1.82, 2.24) is 0 Å². The second-order valence-corrected chi connectivity index (χ2v) is 4.76. The predicted octanol–water partition coefficient (Wildman–Crippen LogP) is -1.06. The Hall–Kier alpha value is -0.200. The average Bonchev–Trinajstić information content (AvgIpc) is 2.36. The van der Waals surface area contributed by atoms with Crippen molar-refractivity contribution in [3.8, 4) is 0 Å². The van der Waals surface area contributed by atoms with Gasteiger partial charge in [0.05, 0.1) is 12.2 Å². The first-order valence-corrected chi connectivity index (χ1v) is 6.07. The van der Waals surface area contributed by atoms with E-state index in [1.807, 2.05) is 0 Å². The Bertz CT molecular complexity index is 192. The van der Waals surface area contributed by atoms with Gasteiger partial charge in [0.15, 0.2) is 0 Å². The first-order chi connectivity index (χ1) is 7.57. The van der Waals surface area contributed by atoms with E-state index in [0.29, 0.717) is 0 Å². The van der Waals surface area contributed by atoms with Crippen LogP contribution in [0.2, 0.25) is 0 Å². The van der Waals surface area contributed by atoms with Crippen LogP contribution >= 0.6 is 0 Å². The zero-order chi connectivity index (χ0) is 12.1. The van der Waals surface area contributed by atoms with E-state index in [0.717, 1.165) is 25.7 Å². The summed E-state index contributed by atoms with van der Waals surface area (Å²) in [5, 5.41) is 28.8.